The van der Waals surface area contributed by atoms with Gasteiger partial charge in [-0.2, -0.15) is 0 Å². The molecule has 2 heteroatoms. The van der Waals surface area contributed by atoms with Crippen LogP contribution in [0.1, 0.15) is 27.2 Å². The van der Waals surface area contributed by atoms with Crippen molar-refractivity contribution in [1.29, 1.82) is 0 Å². The zero-order valence-electron chi connectivity index (χ0n) is 6.48. The number of nitrogens with one attached hydrogen (secondary N) is 1. The van der Waals surface area contributed by atoms with Gasteiger partial charge in [0.2, 0.25) is 0 Å². The Morgan fingerprint density at radius 2 is 2.22 bits per heavy atom. The van der Waals surface area contributed by atoms with Gasteiger partial charge in [-0.25, -0.2) is 0 Å². The van der Waals surface area contributed by atoms with Gasteiger partial charge in [0.15, 0.2) is 0 Å². The molecule has 1 N–H and O–H groups in total. The molecule has 1 radical (unpaired) electrons. The first kappa shape index (κ1) is 8.92. The molecular formula is C7H16NO. The Morgan fingerprint density at radius 3 is 2.67 bits per heavy atom. The second kappa shape index (κ2) is 6.05. The third-order valence-corrected chi connectivity index (χ3v) is 0.973. The molecule has 0 aromatic rings. The van der Waals surface area contributed by atoms with Gasteiger partial charge in [0.25, 0.3) is 0 Å². The molecule has 0 heterocycles. The summed E-state index contributed by atoms with van der Waals surface area (Å²) in [6, 6.07) is 0. The van der Waals surface area contributed by atoms with Crippen LogP contribution in [0.15, 0.2) is 0 Å². The predicted octanol–water partition coefficient (Wildman–Crippen LogP) is 1.53. The lowest BCUT2D eigenvalue weighted by Crippen LogP contribution is -2.25. The summed E-state index contributed by atoms with van der Waals surface area (Å²) in [5.74, 6) is 0. The van der Waals surface area contributed by atoms with Crippen molar-refractivity contribution in [2.75, 3.05) is 6.61 Å². The van der Waals surface area contributed by atoms with Gasteiger partial charge in [-0.15, -0.1) is 0 Å². The van der Waals surface area contributed by atoms with E-state index in [9.17, 15) is 0 Å². The zero-order valence-corrected chi connectivity index (χ0v) is 6.48. The molecule has 0 fully saturated rings. The van der Waals surface area contributed by atoms with Crippen molar-refractivity contribution in [1.82, 2.24) is 5.32 Å². The first-order valence-electron chi connectivity index (χ1n) is 3.50. The maximum atomic E-state index is 5.20. The largest absolute Gasteiger partial charge is 0.364 e. The van der Waals surface area contributed by atoms with Crippen molar-refractivity contribution in [3.05, 3.63) is 6.54 Å². The molecule has 0 aliphatic heterocycles. The van der Waals surface area contributed by atoms with E-state index < -0.39 is 0 Å². The molecule has 0 aromatic carbocycles. The molecule has 1 atom stereocenters. The lowest BCUT2D eigenvalue weighted by Gasteiger charge is -2.11. The molecule has 2 nitrogen and oxygen atoms in total. The molecule has 0 rings (SSSR count). The summed E-state index contributed by atoms with van der Waals surface area (Å²) in [7, 11) is 0. The van der Waals surface area contributed by atoms with Crippen LogP contribution in [0.3, 0.4) is 0 Å². The lowest BCUT2D eigenvalue weighted by molar-refractivity contribution is 0.0578. The Balaban J connectivity index is 2.95. The number of ether oxygens (including phenoxy) is 1. The van der Waals surface area contributed by atoms with Crippen LogP contribution in [-0.4, -0.2) is 12.8 Å². The first-order chi connectivity index (χ1) is 4.31. The highest BCUT2D eigenvalue weighted by molar-refractivity contribution is 4.58. The van der Waals surface area contributed by atoms with Crippen LogP contribution in [0, 0.1) is 6.54 Å². The second-order valence-corrected chi connectivity index (χ2v) is 1.88. The second-order valence-electron chi connectivity index (χ2n) is 1.88. The van der Waals surface area contributed by atoms with E-state index in [2.05, 4.69) is 12.2 Å². The van der Waals surface area contributed by atoms with E-state index in [0.717, 1.165) is 13.0 Å². The highest BCUT2D eigenvalue weighted by Crippen LogP contribution is 1.87. The fraction of sp³-hybridized carbons (Fsp3) is 0.857. The number of hydrogen-bond donors (Lipinski definition) is 1. The van der Waals surface area contributed by atoms with Gasteiger partial charge in [-0.1, -0.05) is 6.92 Å². The van der Waals surface area contributed by atoms with E-state index in [1.54, 1.807) is 0 Å². The molecule has 0 aliphatic carbocycles. The third kappa shape index (κ3) is 5.80. The minimum Gasteiger partial charge on any atom is -0.364 e. The topological polar surface area (TPSA) is 21.3 Å². The van der Waals surface area contributed by atoms with Crippen LogP contribution < -0.4 is 5.32 Å². The fourth-order valence-electron chi connectivity index (χ4n) is 0.582. The Kier molecular flexibility index (Phi) is 5.99. The van der Waals surface area contributed by atoms with Gasteiger partial charge < -0.3 is 4.74 Å². The number of hydrogen-bond acceptors (Lipinski definition) is 2. The zero-order chi connectivity index (χ0) is 7.11. The van der Waals surface area contributed by atoms with Gasteiger partial charge in [-0.3, -0.25) is 5.32 Å². The van der Waals surface area contributed by atoms with Gasteiger partial charge in [-0.05, 0) is 20.3 Å². The molecule has 55 valence electrons. The maximum absolute atomic E-state index is 5.20. The maximum Gasteiger partial charge on any atom is 0.105 e. The molecule has 0 aromatic heterocycles. The Bertz CT molecular complexity index is 56.9. The highest BCUT2D eigenvalue weighted by atomic mass is 16.5. The molecule has 1 unspecified atom stereocenters. The van der Waals surface area contributed by atoms with Gasteiger partial charge in [0, 0.05) is 13.2 Å². The van der Waals surface area contributed by atoms with Crippen molar-refractivity contribution in [3.63, 3.8) is 0 Å². The molecule has 0 saturated carbocycles. The van der Waals surface area contributed by atoms with Crippen LogP contribution in [0.2, 0.25) is 0 Å². The van der Waals surface area contributed by atoms with Gasteiger partial charge in [0.05, 0.1) is 0 Å². The van der Waals surface area contributed by atoms with Crippen LogP contribution in [-0.2, 0) is 4.74 Å². The summed E-state index contributed by atoms with van der Waals surface area (Å²) < 4.78 is 5.20. The van der Waals surface area contributed by atoms with Crippen LogP contribution in [0.4, 0.5) is 0 Å². The standard InChI is InChI=1S/C7H16NO/c1-4-6-8-7(3)9-5-2/h6-8H,4-5H2,1-3H3. The van der Waals surface area contributed by atoms with Crippen molar-refractivity contribution >= 4 is 0 Å². The van der Waals surface area contributed by atoms with Gasteiger partial charge in [0.1, 0.15) is 6.23 Å². The van der Waals surface area contributed by atoms with Crippen LogP contribution in [0.5, 0.6) is 0 Å². The van der Waals surface area contributed by atoms with Crippen molar-refractivity contribution in [2.45, 2.75) is 33.4 Å². The minimum atomic E-state index is 0.162. The molecule has 0 amide bonds. The third-order valence-electron chi connectivity index (χ3n) is 0.973. The van der Waals surface area contributed by atoms with Gasteiger partial charge >= 0.3 is 0 Å². The molecule has 9 heavy (non-hydrogen) atoms. The van der Waals surface area contributed by atoms with E-state index in [1.807, 2.05) is 20.4 Å². The Hall–Kier alpha value is -0.0800. The van der Waals surface area contributed by atoms with Crippen molar-refractivity contribution < 1.29 is 4.74 Å². The number of rotatable bonds is 5. The van der Waals surface area contributed by atoms with Crippen molar-refractivity contribution in [2.24, 2.45) is 0 Å². The summed E-state index contributed by atoms with van der Waals surface area (Å²) in [4.78, 5) is 0. The summed E-state index contributed by atoms with van der Waals surface area (Å²) >= 11 is 0. The Morgan fingerprint density at radius 1 is 1.56 bits per heavy atom. The summed E-state index contributed by atoms with van der Waals surface area (Å²) in [5.41, 5.74) is 0. The van der Waals surface area contributed by atoms with E-state index in [-0.39, 0.29) is 6.23 Å². The normalized spacial score (nSPS) is 13.7. The summed E-state index contributed by atoms with van der Waals surface area (Å²) in [6.45, 7) is 8.84. The van der Waals surface area contributed by atoms with Crippen molar-refractivity contribution in [3.8, 4) is 0 Å². The quantitative estimate of drug-likeness (QED) is 0.570. The predicted molar refractivity (Wildman–Crippen MR) is 38.8 cm³/mol. The van der Waals surface area contributed by atoms with E-state index in [0.29, 0.717) is 0 Å². The van der Waals surface area contributed by atoms with Crippen LogP contribution in [0.25, 0.3) is 0 Å². The lowest BCUT2D eigenvalue weighted by atomic mass is 10.5. The molecule has 0 spiro atoms. The minimum absolute atomic E-state index is 0.162. The van der Waals surface area contributed by atoms with E-state index in [4.69, 9.17) is 4.74 Å². The SMILES string of the molecule is CC[CH]NC(C)OCC. The molecule has 0 aliphatic rings. The van der Waals surface area contributed by atoms with E-state index >= 15 is 0 Å². The monoisotopic (exact) mass is 130 g/mol. The average Bonchev–Trinajstić information content (AvgIpc) is 1.85. The molecular weight excluding hydrogens is 114 g/mol. The average molecular weight is 130 g/mol. The Labute approximate surface area is 57.6 Å². The highest BCUT2D eigenvalue weighted by Gasteiger charge is 1.95. The summed E-state index contributed by atoms with van der Waals surface area (Å²) in [6.07, 6.45) is 1.20. The first-order valence-corrected chi connectivity index (χ1v) is 3.50. The molecule has 0 saturated heterocycles. The fourth-order valence-corrected chi connectivity index (χ4v) is 0.582. The van der Waals surface area contributed by atoms with E-state index in [1.165, 1.54) is 0 Å². The smallest absolute Gasteiger partial charge is 0.105 e. The summed E-state index contributed by atoms with van der Waals surface area (Å²) in [5, 5.41) is 3.09. The van der Waals surface area contributed by atoms with Crippen LogP contribution >= 0.6 is 0 Å². The molecule has 0 bridgehead atoms.